The lowest BCUT2D eigenvalue weighted by Gasteiger charge is -2.05. The van der Waals surface area contributed by atoms with E-state index in [0.717, 1.165) is 33.2 Å². The molecule has 0 amide bonds. The normalized spacial score (nSPS) is 11.3. The third kappa shape index (κ3) is 2.10. The zero-order chi connectivity index (χ0) is 15.9. The number of pyridine rings is 3. The van der Waals surface area contributed by atoms with Crippen LogP contribution in [0.4, 0.5) is 0 Å². The molecule has 0 spiro atoms. The summed E-state index contributed by atoms with van der Waals surface area (Å²) in [5.41, 5.74) is 3.48. The molecule has 0 aliphatic carbocycles. The third-order valence-electron chi connectivity index (χ3n) is 4.33. The largest absolute Gasteiger partial charge is 0.255 e. The predicted molar refractivity (Wildman–Crippen MR) is 97.8 cm³/mol. The molecule has 24 heavy (non-hydrogen) atoms. The molecule has 0 saturated carbocycles. The van der Waals surface area contributed by atoms with Gasteiger partial charge in [0.2, 0.25) is 0 Å². The van der Waals surface area contributed by atoms with Gasteiger partial charge in [-0.3, -0.25) is 9.97 Å². The van der Waals surface area contributed by atoms with E-state index in [0.29, 0.717) is 0 Å². The number of rotatable bonds is 1. The maximum Gasteiger partial charge on any atom is 0.0900 e. The number of nitrogens with zero attached hydrogens (tertiary/aromatic N) is 3. The Morgan fingerprint density at radius 2 is 1.29 bits per heavy atom. The fraction of sp³-hybridized carbons (Fsp3) is 0. The van der Waals surface area contributed by atoms with Crippen molar-refractivity contribution in [1.29, 1.82) is 0 Å². The molecule has 3 aromatic carbocycles. The maximum absolute atomic E-state index is 4.81. The molecule has 0 N–H and O–H groups in total. The summed E-state index contributed by atoms with van der Waals surface area (Å²) in [5, 5.41) is 4.64. The van der Waals surface area contributed by atoms with Gasteiger partial charge >= 0.3 is 0 Å². The molecule has 3 heterocycles. The van der Waals surface area contributed by atoms with E-state index in [-0.39, 0.29) is 0 Å². The summed E-state index contributed by atoms with van der Waals surface area (Å²) in [6, 6.07) is 22.8. The van der Waals surface area contributed by atoms with Crippen molar-refractivity contribution in [3.63, 3.8) is 0 Å². The van der Waals surface area contributed by atoms with E-state index < -0.39 is 0 Å². The molecule has 0 saturated heterocycles. The smallest absolute Gasteiger partial charge is 0.0900 e. The molecular formula is C21H13N3. The van der Waals surface area contributed by atoms with E-state index >= 15 is 0 Å². The van der Waals surface area contributed by atoms with Crippen LogP contribution < -0.4 is 0 Å². The first kappa shape index (κ1) is 13.1. The maximum atomic E-state index is 4.81. The second kappa shape index (κ2) is 5.10. The highest BCUT2D eigenvalue weighted by molar-refractivity contribution is 5.96. The van der Waals surface area contributed by atoms with Crippen LogP contribution in [0.25, 0.3) is 44.0 Å². The molecule has 0 fully saturated rings. The number of benzene rings is 1. The van der Waals surface area contributed by atoms with Crippen LogP contribution in [-0.4, -0.2) is 15.0 Å². The van der Waals surface area contributed by atoms with Crippen molar-refractivity contribution in [2.45, 2.75) is 0 Å². The average Bonchev–Trinajstić information content (AvgIpc) is 2.68. The van der Waals surface area contributed by atoms with Gasteiger partial charge < -0.3 is 0 Å². The molecule has 112 valence electrons. The lowest BCUT2D eigenvalue weighted by Crippen LogP contribution is -1.89. The minimum Gasteiger partial charge on any atom is -0.255 e. The SMILES string of the molecule is c1ccc(-c2cc3cc(n2)c2cc(ccn2)c2ccc3cc2)nc1. The lowest BCUT2D eigenvalue weighted by molar-refractivity contribution is 1.28. The van der Waals surface area contributed by atoms with Crippen LogP contribution in [0, 0.1) is 0 Å². The van der Waals surface area contributed by atoms with Gasteiger partial charge in [0.25, 0.3) is 0 Å². The monoisotopic (exact) mass is 307 g/mol. The van der Waals surface area contributed by atoms with E-state index in [2.05, 4.69) is 52.4 Å². The summed E-state index contributed by atoms with van der Waals surface area (Å²) >= 11 is 0. The first-order valence-electron chi connectivity index (χ1n) is 7.87. The van der Waals surface area contributed by atoms with E-state index in [4.69, 9.17) is 4.98 Å². The second-order valence-corrected chi connectivity index (χ2v) is 5.85. The topological polar surface area (TPSA) is 38.7 Å². The molecule has 0 aliphatic heterocycles. The quantitative estimate of drug-likeness (QED) is 0.437. The van der Waals surface area contributed by atoms with Crippen LogP contribution in [0.1, 0.15) is 0 Å². The zero-order valence-corrected chi connectivity index (χ0v) is 12.8. The number of hydrogen-bond acceptors (Lipinski definition) is 3. The van der Waals surface area contributed by atoms with Crippen molar-refractivity contribution < 1.29 is 0 Å². The standard InChI is InChI=1S/C21H13N3/c1-2-9-22-18(3-1)20-12-17-13-21(24-20)19-11-16(8-10-23-19)14-4-6-15(17)7-5-14/h1-13H. The van der Waals surface area contributed by atoms with Crippen LogP contribution in [0.15, 0.2) is 79.1 Å². The highest BCUT2D eigenvalue weighted by atomic mass is 14.8. The molecule has 6 bridgehead atoms. The van der Waals surface area contributed by atoms with Crippen molar-refractivity contribution in [2.24, 2.45) is 0 Å². The molecule has 3 nitrogen and oxygen atoms in total. The Balaban J connectivity index is 1.99. The fourth-order valence-corrected chi connectivity index (χ4v) is 3.08. The Morgan fingerprint density at radius 3 is 2.08 bits per heavy atom. The third-order valence-corrected chi connectivity index (χ3v) is 4.33. The van der Waals surface area contributed by atoms with Crippen molar-refractivity contribution in [2.75, 3.05) is 0 Å². The first-order chi connectivity index (χ1) is 11.9. The molecule has 3 heteroatoms. The molecule has 6 aromatic rings. The molecule has 0 radical (unpaired) electrons. The number of hydrogen-bond donors (Lipinski definition) is 0. The average molecular weight is 307 g/mol. The summed E-state index contributed by atoms with van der Waals surface area (Å²) in [6.45, 7) is 0. The van der Waals surface area contributed by atoms with Crippen LogP contribution in [-0.2, 0) is 0 Å². The predicted octanol–water partition coefficient (Wildman–Crippen LogP) is 5.00. The molecule has 0 aliphatic rings. The Bertz CT molecular complexity index is 1180. The van der Waals surface area contributed by atoms with E-state index in [1.165, 1.54) is 10.8 Å². The summed E-state index contributed by atoms with van der Waals surface area (Å²) < 4.78 is 0. The Morgan fingerprint density at radius 1 is 0.500 bits per heavy atom. The molecule has 6 rings (SSSR count). The van der Waals surface area contributed by atoms with E-state index in [1.807, 2.05) is 30.5 Å². The van der Waals surface area contributed by atoms with E-state index in [9.17, 15) is 0 Å². The summed E-state index contributed by atoms with van der Waals surface area (Å²) in [6.07, 6.45) is 3.63. The van der Waals surface area contributed by atoms with Crippen LogP contribution in [0.5, 0.6) is 0 Å². The van der Waals surface area contributed by atoms with Gasteiger partial charge in [0.15, 0.2) is 0 Å². The van der Waals surface area contributed by atoms with Crippen molar-refractivity contribution in [3.8, 4) is 11.4 Å². The molecule has 0 atom stereocenters. The second-order valence-electron chi connectivity index (χ2n) is 5.85. The summed E-state index contributed by atoms with van der Waals surface area (Å²) in [5.74, 6) is 0. The fourth-order valence-electron chi connectivity index (χ4n) is 3.08. The summed E-state index contributed by atoms with van der Waals surface area (Å²) in [4.78, 5) is 13.8. The van der Waals surface area contributed by atoms with Gasteiger partial charge in [0.1, 0.15) is 0 Å². The van der Waals surface area contributed by atoms with Gasteiger partial charge in [0.05, 0.1) is 22.4 Å². The van der Waals surface area contributed by atoms with E-state index in [1.54, 1.807) is 6.20 Å². The van der Waals surface area contributed by atoms with Crippen LogP contribution in [0.2, 0.25) is 0 Å². The first-order valence-corrected chi connectivity index (χ1v) is 7.87. The zero-order valence-electron chi connectivity index (χ0n) is 12.8. The minimum absolute atomic E-state index is 0.861. The number of aromatic nitrogens is 3. The van der Waals surface area contributed by atoms with Gasteiger partial charge in [0, 0.05) is 12.4 Å². The Labute approximate surface area is 138 Å². The Hall–Kier alpha value is -3.33. The number of fused-ring (bicyclic) bond motifs is 2. The van der Waals surface area contributed by atoms with Crippen molar-refractivity contribution in [3.05, 3.63) is 79.1 Å². The van der Waals surface area contributed by atoms with Gasteiger partial charge in [-0.15, -0.1) is 0 Å². The molecule has 3 aromatic heterocycles. The highest BCUT2D eigenvalue weighted by Crippen LogP contribution is 2.25. The van der Waals surface area contributed by atoms with Gasteiger partial charge in [-0.25, -0.2) is 4.98 Å². The lowest BCUT2D eigenvalue weighted by atomic mass is 10.1. The van der Waals surface area contributed by atoms with Crippen LogP contribution >= 0.6 is 0 Å². The summed E-state index contributed by atoms with van der Waals surface area (Å²) in [7, 11) is 0. The van der Waals surface area contributed by atoms with Gasteiger partial charge in [-0.1, -0.05) is 30.3 Å². The van der Waals surface area contributed by atoms with Gasteiger partial charge in [-0.2, -0.15) is 0 Å². The molecule has 0 unspecified atom stereocenters. The molecular weight excluding hydrogens is 294 g/mol. The van der Waals surface area contributed by atoms with Crippen molar-refractivity contribution >= 4 is 32.6 Å². The minimum atomic E-state index is 0.861. The van der Waals surface area contributed by atoms with Crippen molar-refractivity contribution in [1.82, 2.24) is 15.0 Å². The van der Waals surface area contributed by atoms with Crippen LogP contribution in [0.3, 0.4) is 0 Å². The Kier molecular flexibility index (Phi) is 2.79. The van der Waals surface area contributed by atoms with Gasteiger partial charge in [-0.05, 0) is 57.9 Å². The highest BCUT2D eigenvalue weighted by Gasteiger charge is 2.05.